The van der Waals surface area contributed by atoms with Gasteiger partial charge in [0.15, 0.2) is 5.82 Å². The first-order chi connectivity index (χ1) is 8.74. The van der Waals surface area contributed by atoms with Gasteiger partial charge in [0, 0.05) is 11.8 Å². The van der Waals surface area contributed by atoms with E-state index in [0.717, 1.165) is 10.2 Å². The number of hydrogen-bond donors (Lipinski definition) is 1. The van der Waals surface area contributed by atoms with Crippen LogP contribution in [0.4, 0.5) is 11.5 Å². The lowest BCUT2D eigenvalue weighted by atomic mass is 10.2. The van der Waals surface area contributed by atoms with Crippen molar-refractivity contribution in [2.45, 2.75) is 0 Å². The Morgan fingerprint density at radius 3 is 2.94 bits per heavy atom. The van der Waals surface area contributed by atoms with Crippen LogP contribution in [0, 0.1) is 11.3 Å². The van der Waals surface area contributed by atoms with Crippen LogP contribution in [0.2, 0.25) is 0 Å². The van der Waals surface area contributed by atoms with Crippen molar-refractivity contribution in [2.24, 2.45) is 0 Å². The molecular formula is C12H9BrN4O. The van der Waals surface area contributed by atoms with Gasteiger partial charge in [0.05, 0.1) is 23.3 Å². The van der Waals surface area contributed by atoms with Gasteiger partial charge in [-0.2, -0.15) is 10.4 Å². The number of ether oxygens (including phenoxy) is 1. The fourth-order valence-corrected chi connectivity index (χ4v) is 1.80. The summed E-state index contributed by atoms with van der Waals surface area (Å²) in [5, 5.41) is 19.6. The smallest absolute Gasteiger partial charge is 0.171 e. The molecule has 1 aromatic heterocycles. The predicted molar refractivity (Wildman–Crippen MR) is 70.7 cm³/mol. The number of benzene rings is 1. The maximum atomic E-state index is 8.95. The molecule has 0 aliphatic carbocycles. The molecule has 0 aliphatic rings. The van der Waals surface area contributed by atoms with E-state index in [4.69, 9.17) is 10.00 Å². The van der Waals surface area contributed by atoms with Gasteiger partial charge in [0.25, 0.3) is 0 Å². The van der Waals surface area contributed by atoms with Crippen LogP contribution in [0.15, 0.2) is 34.9 Å². The van der Waals surface area contributed by atoms with Gasteiger partial charge in [-0.3, -0.25) is 0 Å². The van der Waals surface area contributed by atoms with Crippen molar-refractivity contribution in [1.29, 1.82) is 5.26 Å². The van der Waals surface area contributed by atoms with Gasteiger partial charge < -0.3 is 10.1 Å². The highest BCUT2D eigenvalue weighted by Gasteiger charge is 2.06. The second kappa shape index (κ2) is 5.47. The Morgan fingerprint density at radius 2 is 2.22 bits per heavy atom. The number of hydrogen-bond acceptors (Lipinski definition) is 5. The Bertz CT molecular complexity index is 609. The predicted octanol–water partition coefficient (Wildman–Crippen LogP) is 2.86. The van der Waals surface area contributed by atoms with Gasteiger partial charge in [0.1, 0.15) is 11.8 Å². The normalized spacial score (nSPS) is 9.61. The molecule has 0 saturated carbocycles. The summed E-state index contributed by atoms with van der Waals surface area (Å²) in [4.78, 5) is 0. The molecular weight excluding hydrogens is 296 g/mol. The quantitative estimate of drug-likeness (QED) is 0.944. The molecule has 1 heterocycles. The summed E-state index contributed by atoms with van der Waals surface area (Å²) in [5.41, 5.74) is 1.21. The van der Waals surface area contributed by atoms with Crippen molar-refractivity contribution in [3.8, 4) is 11.8 Å². The van der Waals surface area contributed by atoms with E-state index >= 15 is 0 Å². The van der Waals surface area contributed by atoms with Gasteiger partial charge >= 0.3 is 0 Å². The maximum Gasteiger partial charge on any atom is 0.171 e. The average molecular weight is 305 g/mol. The zero-order chi connectivity index (χ0) is 13.0. The Kier molecular flexibility index (Phi) is 3.75. The summed E-state index contributed by atoms with van der Waals surface area (Å²) >= 11 is 3.37. The maximum absolute atomic E-state index is 8.95. The number of rotatable bonds is 3. The summed E-state index contributed by atoms with van der Waals surface area (Å²) in [6.45, 7) is 0. The van der Waals surface area contributed by atoms with Gasteiger partial charge in [0.2, 0.25) is 0 Å². The Morgan fingerprint density at radius 1 is 1.39 bits per heavy atom. The van der Waals surface area contributed by atoms with Gasteiger partial charge in [-0.25, -0.2) is 0 Å². The molecule has 90 valence electrons. The van der Waals surface area contributed by atoms with Crippen LogP contribution in [-0.4, -0.2) is 17.3 Å². The number of aromatic nitrogens is 2. The highest BCUT2D eigenvalue weighted by molar-refractivity contribution is 9.10. The van der Waals surface area contributed by atoms with E-state index in [1.54, 1.807) is 19.2 Å². The molecule has 1 N–H and O–H groups in total. The van der Waals surface area contributed by atoms with Gasteiger partial charge in [-0.15, -0.1) is 5.10 Å². The second-order valence-corrected chi connectivity index (χ2v) is 4.23. The summed E-state index contributed by atoms with van der Waals surface area (Å²) in [6.07, 6.45) is 1.48. The summed E-state index contributed by atoms with van der Waals surface area (Å²) < 4.78 is 6.05. The molecule has 5 nitrogen and oxygen atoms in total. The first-order valence-corrected chi connectivity index (χ1v) is 5.86. The zero-order valence-corrected chi connectivity index (χ0v) is 11.1. The lowest BCUT2D eigenvalue weighted by molar-refractivity contribution is 0.412. The van der Waals surface area contributed by atoms with Crippen molar-refractivity contribution in [1.82, 2.24) is 10.2 Å². The molecule has 0 atom stereocenters. The Hall–Kier alpha value is -2.13. The molecule has 1 aromatic carbocycles. The monoisotopic (exact) mass is 304 g/mol. The second-order valence-electron chi connectivity index (χ2n) is 3.38. The van der Waals surface area contributed by atoms with E-state index in [-0.39, 0.29) is 0 Å². The molecule has 0 saturated heterocycles. The van der Waals surface area contributed by atoms with Crippen LogP contribution >= 0.6 is 15.9 Å². The van der Waals surface area contributed by atoms with Crippen molar-refractivity contribution in [2.75, 3.05) is 12.4 Å². The third kappa shape index (κ3) is 2.57. The highest BCUT2D eigenvalue weighted by Crippen LogP contribution is 2.29. The van der Waals surface area contributed by atoms with Crippen LogP contribution in [-0.2, 0) is 0 Å². The number of methoxy groups -OCH3 is 1. The molecule has 6 heteroatoms. The largest absolute Gasteiger partial charge is 0.495 e. The molecule has 0 unspecified atom stereocenters. The first-order valence-electron chi connectivity index (χ1n) is 5.07. The number of anilines is 2. The van der Waals surface area contributed by atoms with Crippen molar-refractivity contribution < 1.29 is 4.74 Å². The number of nitrogens with zero attached hydrogens (tertiary/aromatic N) is 3. The lowest BCUT2D eigenvalue weighted by Crippen LogP contribution is -1.98. The molecule has 0 radical (unpaired) electrons. The van der Waals surface area contributed by atoms with E-state index in [2.05, 4.69) is 37.5 Å². The average Bonchev–Trinajstić information content (AvgIpc) is 2.41. The number of nitrogens with one attached hydrogen (secondary N) is 1. The Labute approximate surface area is 113 Å². The van der Waals surface area contributed by atoms with Crippen molar-refractivity contribution >= 4 is 27.4 Å². The topological polar surface area (TPSA) is 70.8 Å². The highest BCUT2D eigenvalue weighted by atomic mass is 79.9. The first kappa shape index (κ1) is 12.3. The summed E-state index contributed by atoms with van der Waals surface area (Å²) in [7, 11) is 1.59. The van der Waals surface area contributed by atoms with Crippen LogP contribution in [0.3, 0.4) is 0 Å². The van der Waals surface area contributed by atoms with Gasteiger partial charge in [-0.1, -0.05) is 0 Å². The number of nitriles is 1. The third-order valence-corrected chi connectivity index (χ3v) is 2.91. The van der Waals surface area contributed by atoms with E-state index in [0.29, 0.717) is 17.1 Å². The van der Waals surface area contributed by atoms with Crippen molar-refractivity contribution in [3.05, 3.63) is 40.5 Å². The minimum atomic E-state index is 0.421. The van der Waals surface area contributed by atoms with E-state index in [9.17, 15) is 0 Å². The fourth-order valence-electron chi connectivity index (χ4n) is 1.39. The molecule has 0 amide bonds. The molecule has 0 spiro atoms. The molecule has 0 aliphatic heterocycles. The van der Waals surface area contributed by atoms with Crippen molar-refractivity contribution in [3.63, 3.8) is 0 Å². The minimum absolute atomic E-state index is 0.421. The zero-order valence-electron chi connectivity index (χ0n) is 9.51. The van der Waals surface area contributed by atoms with E-state index < -0.39 is 0 Å². The Balaban J connectivity index is 2.32. The summed E-state index contributed by atoms with van der Waals surface area (Å²) in [6, 6.07) is 9.16. The van der Waals surface area contributed by atoms with Crippen LogP contribution < -0.4 is 10.1 Å². The number of halogens is 1. The summed E-state index contributed by atoms with van der Waals surface area (Å²) in [5.74, 6) is 1.12. The van der Waals surface area contributed by atoms with Crippen LogP contribution in [0.25, 0.3) is 0 Å². The van der Waals surface area contributed by atoms with E-state index in [1.807, 2.05) is 12.1 Å². The SMILES string of the molecule is COc1cc(Nc2nnccc2C#N)ccc1Br. The van der Waals surface area contributed by atoms with Gasteiger partial charge in [-0.05, 0) is 34.1 Å². The van der Waals surface area contributed by atoms with Crippen LogP contribution in [0.5, 0.6) is 5.75 Å². The molecule has 18 heavy (non-hydrogen) atoms. The molecule has 2 rings (SSSR count). The third-order valence-electron chi connectivity index (χ3n) is 2.26. The lowest BCUT2D eigenvalue weighted by Gasteiger charge is -2.09. The minimum Gasteiger partial charge on any atom is -0.495 e. The molecule has 2 aromatic rings. The van der Waals surface area contributed by atoms with Crippen LogP contribution in [0.1, 0.15) is 5.56 Å². The molecule has 0 bridgehead atoms. The fraction of sp³-hybridized carbons (Fsp3) is 0.0833. The van der Waals surface area contributed by atoms with E-state index in [1.165, 1.54) is 6.20 Å². The standard InChI is InChI=1S/C12H9BrN4O/c1-18-11-6-9(2-3-10(11)13)16-12-8(7-14)4-5-15-17-12/h2-6H,1H3,(H,16,17). The molecule has 0 fully saturated rings.